The van der Waals surface area contributed by atoms with Gasteiger partial charge in [0.1, 0.15) is 0 Å². The Morgan fingerprint density at radius 3 is 2.68 bits per heavy atom. The molecule has 0 radical (unpaired) electrons. The van der Waals surface area contributed by atoms with Crippen molar-refractivity contribution in [3.63, 3.8) is 0 Å². The van der Waals surface area contributed by atoms with Crippen LogP contribution in [0.3, 0.4) is 0 Å². The maximum atomic E-state index is 9.13. The highest BCUT2D eigenvalue weighted by atomic mass is 16.7. The monoisotopic (exact) mass is 267 g/mol. The molecule has 1 heterocycles. The minimum atomic E-state index is -0.0423. The Balaban J connectivity index is 1.89. The summed E-state index contributed by atoms with van der Waals surface area (Å²) < 4.78 is 10.7. The van der Waals surface area contributed by atoms with Gasteiger partial charge in [0, 0.05) is 12.6 Å². The molecule has 106 valence electrons. The smallest absolute Gasteiger partial charge is 0.231 e. The lowest BCUT2D eigenvalue weighted by Crippen LogP contribution is -2.34. The average molecular weight is 267 g/mol. The summed E-state index contributed by atoms with van der Waals surface area (Å²) in [6.45, 7) is 3.22. The van der Waals surface area contributed by atoms with E-state index in [9.17, 15) is 0 Å². The van der Waals surface area contributed by atoms with E-state index in [0.717, 1.165) is 24.5 Å². The van der Waals surface area contributed by atoms with Gasteiger partial charge in [0.05, 0.1) is 6.61 Å². The van der Waals surface area contributed by atoms with E-state index in [1.165, 1.54) is 11.1 Å². The third-order valence-electron chi connectivity index (χ3n) is 3.36. The highest BCUT2D eigenvalue weighted by Crippen LogP contribution is 2.34. The van der Waals surface area contributed by atoms with Crippen molar-refractivity contribution in [1.82, 2.24) is 5.32 Å². The van der Waals surface area contributed by atoms with Gasteiger partial charge in [-0.15, -0.1) is 0 Å². The van der Waals surface area contributed by atoms with Gasteiger partial charge in [0.25, 0.3) is 0 Å². The summed E-state index contributed by atoms with van der Waals surface area (Å²) in [6.07, 6.45) is 1.42. The molecule has 0 bridgehead atoms. The molecular formula is C14H21NO4. The fourth-order valence-corrected chi connectivity index (χ4v) is 2.18. The van der Waals surface area contributed by atoms with E-state index in [0.29, 0.717) is 13.2 Å². The number of fused-ring (bicyclic) bond motifs is 1. The highest BCUT2D eigenvalue weighted by Gasteiger charge is 2.15. The lowest BCUT2D eigenvalue weighted by molar-refractivity contribution is 0.174. The Kier molecular flexibility index (Phi) is 5.01. The van der Waals surface area contributed by atoms with Crippen molar-refractivity contribution >= 4 is 0 Å². The molecule has 2 rings (SSSR count). The van der Waals surface area contributed by atoms with Crippen LogP contribution >= 0.6 is 0 Å². The predicted molar refractivity (Wildman–Crippen MR) is 71.6 cm³/mol. The van der Waals surface area contributed by atoms with Gasteiger partial charge in [-0.25, -0.2) is 0 Å². The Labute approximate surface area is 113 Å². The third-order valence-corrected chi connectivity index (χ3v) is 3.36. The van der Waals surface area contributed by atoms with Crippen molar-refractivity contribution in [3.8, 4) is 11.5 Å². The molecular weight excluding hydrogens is 246 g/mol. The van der Waals surface area contributed by atoms with Crippen LogP contribution in [0.5, 0.6) is 11.5 Å². The zero-order chi connectivity index (χ0) is 13.7. The summed E-state index contributed by atoms with van der Waals surface area (Å²) >= 11 is 0. The number of aliphatic hydroxyl groups is 2. The van der Waals surface area contributed by atoms with E-state index in [-0.39, 0.29) is 19.3 Å². The second-order valence-corrected chi connectivity index (χ2v) is 4.73. The maximum absolute atomic E-state index is 9.13. The standard InChI is InChI=1S/C14H21NO4/c1-10-6-13-14(19-9-18-13)7-11(10)2-4-15-12(8-17)3-5-16/h6-7,12,15-17H,2-5,8-9H2,1H3. The summed E-state index contributed by atoms with van der Waals surface area (Å²) in [6, 6.07) is 3.97. The molecule has 0 aliphatic carbocycles. The normalized spacial score (nSPS) is 14.7. The van der Waals surface area contributed by atoms with Crippen LogP contribution in [-0.2, 0) is 6.42 Å². The Hall–Kier alpha value is -1.30. The topological polar surface area (TPSA) is 71.0 Å². The fourth-order valence-electron chi connectivity index (χ4n) is 2.18. The van der Waals surface area contributed by atoms with Crippen LogP contribution in [0.2, 0.25) is 0 Å². The second kappa shape index (κ2) is 6.75. The van der Waals surface area contributed by atoms with Crippen molar-refractivity contribution < 1.29 is 19.7 Å². The Morgan fingerprint density at radius 2 is 2.00 bits per heavy atom. The van der Waals surface area contributed by atoms with E-state index < -0.39 is 0 Å². The van der Waals surface area contributed by atoms with Crippen LogP contribution in [0.4, 0.5) is 0 Å². The first-order valence-corrected chi connectivity index (χ1v) is 6.59. The maximum Gasteiger partial charge on any atom is 0.231 e. The summed E-state index contributed by atoms with van der Waals surface area (Å²) in [5.74, 6) is 1.61. The largest absolute Gasteiger partial charge is 0.454 e. The average Bonchev–Trinajstić information content (AvgIpc) is 2.84. The minimum Gasteiger partial charge on any atom is -0.454 e. The number of benzene rings is 1. The summed E-state index contributed by atoms with van der Waals surface area (Å²) in [4.78, 5) is 0. The van der Waals surface area contributed by atoms with E-state index in [2.05, 4.69) is 12.2 Å². The molecule has 1 aliphatic rings. The Morgan fingerprint density at radius 1 is 1.26 bits per heavy atom. The fraction of sp³-hybridized carbons (Fsp3) is 0.571. The molecule has 1 atom stereocenters. The number of ether oxygens (including phenoxy) is 2. The minimum absolute atomic E-state index is 0.0423. The number of aryl methyl sites for hydroxylation is 1. The van der Waals surface area contributed by atoms with Crippen molar-refractivity contribution in [2.75, 3.05) is 26.6 Å². The van der Waals surface area contributed by atoms with Crippen molar-refractivity contribution in [3.05, 3.63) is 23.3 Å². The quantitative estimate of drug-likeness (QED) is 0.675. The molecule has 0 amide bonds. The van der Waals surface area contributed by atoms with Crippen molar-refractivity contribution in [1.29, 1.82) is 0 Å². The zero-order valence-electron chi connectivity index (χ0n) is 11.2. The van der Waals surface area contributed by atoms with Crippen LogP contribution < -0.4 is 14.8 Å². The molecule has 1 aliphatic heterocycles. The molecule has 0 fully saturated rings. The van der Waals surface area contributed by atoms with Gasteiger partial charge in [-0.05, 0) is 49.6 Å². The molecule has 3 N–H and O–H groups in total. The molecule has 5 nitrogen and oxygen atoms in total. The lowest BCUT2D eigenvalue weighted by Gasteiger charge is -2.15. The first-order chi connectivity index (χ1) is 9.24. The van der Waals surface area contributed by atoms with Gasteiger partial charge in [-0.3, -0.25) is 0 Å². The van der Waals surface area contributed by atoms with Gasteiger partial charge in [0.15, 0.2) is 11.5 Å². The first-order valence-electron chi connectivity index (χ1n) is 6.59. The van der Waals surface area contributed by atoms with E-state index in [1.54, 1.807) is 0 Å². The van der Waals surface area contributed by atoms with Crippen LogP contribution in [0.1, 0.15) is 17.5 Å². The molecule has 0 aromatic heterocycles. The molecule has 0 saturated heterocycles. The molecule has 1 aromatic carbocycles. The van der Waals surface area contributed by atoms with Crippen LogP contribution in [-0.4, -0.2) is 42.8 Å². The number of hydrogen-bond donors (Lipinski definition) is 3. The van der Waals surface area contributed by atoms with E-state index >= 15 is 0 Å². The molecule has 0 spiro atoms. The molecule has 1 aromatic rings. The number of rotatable bonds is 7. The van der Waals surface area contributed by atoms with E-state index in [4.69, 9.17) is 19.7 Å². The first kappa shape index (κ1) is 14.1. The summed E-state index contributed by atoms with van der Waals surface area (Å²) in [5.41, 5.74) is 2.38. The molecule has 5 heteroatoms. The van der Waals surface area contributed by atoms with E-state index in [1.807, 2.05) is 12.1 Å². The summed E-state index contributed by atoms with van der Waals surface area (Å²) in [5, 5.41) is 21.2. The van der Waals surface area contributed by atoms with Crippen LogP contribution in [0.15, 0.2) is 12.1 Å². The summed E-state index contributed by atoms with van der Waals surface area (Å²) in [7, 11) is 0. The Bertz CT molecular complexity index is 422. The molecule has 0 saturated carbocycles. The van der Waals surface area contributed by atoms with Crippen LogP contribution in [0.25, 0.3) is 0 Å². The van der Waals surface area contributed by atoms with Crippen LogP contribution in [0, 0.1) is 6.92 Å². The molecule has 1 unspecified atom stereocenters. The lowest BCUT2D eigenvalue weighted by atomic mass is 10.0. The SMILES string of the molecule is Cc1cc2c(cc1CCNC(CO)CCO)OCO2. The number of nitrogens with one attached hydrogen (secondary N) is 1. The van der Waals surface area contributed by atoms with Gasteiger partial charge in [-0.2, -0.15) is 0 Å². The predicted octanol–water partition coefficient (Wildman–Crippen LogP) is 0.599. The molecule has 19 heavy (non-hydrogen) atoms. The number of aliphatic hydroxyl groups excluding tert-OH is 2. The van der Waals surface area contributed by atoms with Crippen molar-refractivity contribution in [2.24, 2.45) is 0 Å². The van der Waals surface area contributed by atoms with Crippen molar-refractivity contribution in [2.45, 2.75) is 25.8 Å². The third kappa shape index (κ3) is 3.59. The second-order valence-electron chi connectivity index (χ2n) is 4.73. The zero-order valence-corrected chi connectivity index (χ0v) is 11.2. The van der Waals surface area contributed by atoms with Gasteiger partial charge >= 0.3 is 0 Å². The number of hydrogen-bond acceptors (Lipinski definition) is 5. The van der Waals surface area contributed by atoms with Gasteiger partial charge in [-0.1, -0.05) is 0 Å². The van der Waals surface area contributed by atoms with Gasteiger partial charge < -0.3 is 25.0 Å². The highest BCUT2D eigenvalue weighted by molar-refractivity contribution is 5.48. The van der Waals surface area contributed by atoms with Gasteiger partial charge in [0.2, 0.25) is 6.79 Å².